The van der Waals surface area contributed by atoms with Crippen LogP contribution < -0.4 is 10.1 Å². The van der Waals surface area contributed by atoms with Gasteiger partial charge in [-0.25, -0.2) is 4.98 Å². The first-order valence-electron chi connectivity index (χ1n) is 7.17. The number of carbonyl (C=O) groups excluding carboxylic acids is 1. The van der Waals surface area contributed by atoms with Crippen LogP contribution in [0.5, 0.6) is 5.75 Å². The molecule has 1 aromatic heterocycles. The molecule has 0 fully saturated rings. The van der Waals surface area contributed by atoms with Crippen molar-refractivity contribution < 1.29 is 14.3 Å². The first-order chi connectivity index (χ1) is 10.7. The first kappa shape index (κ1) is 16.0. The van der Waals surface area contributed by atoms with E-state index in [1.807, 2.05) is 24.3 Å². The Morgan fingerprint density at radius 3 is 2.73 bits per heavy atom. The summed E-state index contributed by atoms with van der Waals surface area (Å²) in [5.41, 5.74) is 2.00. The minimum absolute atomic E-state index is 0.259. The summed E-state index contributed by atoms with van der Waals surface area (Å²) in [6.07, 6.45) is 4.50. The molecule has 1 heterocycles. The normalized spacial score (nSPS) is 11.9. The molecule has 1 atom stereocenters. The van der Waals surface area contributed by atoms with Crippen molar-refractivity contribution in [3.05, 3.63) is 48.0 Å². The lowest BCUT2D eigenvalue weighted by Gasteiger charge is -2.14. The molecule has 1 aromatic carbocycles. The van der Waals surface area contributed by atoms with Crippen molar-refractivity contribution in [1.82, 2.24) is 15.3 Å². The highest BCUT2D eigenvalue weighted by molar-refractivity contribution is 5.76. The number of aromatic amines is 1. The van der Waals surface area contributed by atoms with Gasteiger partial charge in [0.15, 0.2) is 0 Å². The Bertz CT molecular complexity index is 567. The maximum absolute atomic E-state index is 12.1. The Balaban J connectivity index is 1.77. The van der Waals surface area contributed by atoms with Gasteiger partial charge >= 0.3 is 5.97 Å². The van der Waals surface area contributed by atoms with Crippen molar-refractivity contribution >= 4 is 5.97 Å². The molecule has 2 aromatic rings. The number of likely N-dealkylation sites (N-methyl/N-ethyl adjacent to an activating group) is 1. The number of imidazole rings is 1. The fraction of sp³-hybridized carbons (Fsp3) is 0.375. The Hall–Kier alpha value is -2.34. The van der Waals surface area contributed by atoms with Gasteiger partial charge in [0.05, 0.1) is 20.0 Å². The van der Waals surface area contributed by atoms with Gasteiger partial charge in [0.25, 0.3) is 0 Å². The second-order valence-corrected chi connectivity index (χ2v) is 4.89. The lowest BCUT2D eigenvalue weighted by molar-refractivity contribution is -0.145. The predicted molar refractivity (Wildman–Crippen MR) is 82.8 cm³/mol. The van der Waals surface area contributed by atoms with Gasteiger partial charge in [-0.15, -0.1) is 0 Å². The molecule has 0 aliphatic carbocycles. The van der Waals surface area contributed by atoms with Crippen LogP contribution in [0.4, 0.5) is 0 Å². The molecule has 0 aliphatic rings. The number of nitrogens with zero attached hydrogens (tertiary/aromatic N) is 1. The van der Waals surface area contributed by atoms with Crippen LogP contribution in [0.25, 0.3) is 0 Å². The second kappa shape index (κ2) is 8.19. The smallest absolute Gasteiger partial charge is 0.323 e. The highest BCUT2D eigenvalue weighted by Gasteiger charge is 2.18. The van der Waals surface area contributed by atoms with Crippen LogP contribution in [0.15, 0.2) is 36.8 Å². The van der Waals surface area contributed by atoms with Crippen molar-refractivity contribution in [2.24, 2.45) is 0 Å². The van der Waals surface area contributed by atoms with Gasteiger partial charge in [-0.3, -0.25) is 4.79 Å². The minimum atomic E-state index is -0.378. The molecule has 0 saturated heterocycles. The number of hydrogen-bond acceptors (Lipinski definition) is 5. The molecule has 0 bridgehead atoms. The second-order valence-electron chi connectivity index (χ2n) is 4.89. The summed E-state index contributed by atoms with van der Waals surface area (Å²) in [6.45, 7) is 0.353. The average Bonchev–Trinajstić information content (AvgIpc) is 3.06. The van der Waals surface area contributed by atoms with Crippen LogP contribution in [0.2, 0.25) is 0 Å². The zero-order valence-corrected chi connectivity index (χ0v) is 12.8. The molecular weight excluding hydrogens is 282 g/mol. The molecular formula is C16H21N3O3. The van der Waals surface area contributed by atoms with Gasteiger partial charge in [-0.05, 0) is 24.7 Å². The van der Waals surface area contributed by atoms with Gasteiger partial charge in [-0.2, -0.15) is 0 Å². The van der Waals surface area contributed by atoms with Crippen LogP contribution in [0.3, 0.4) is 0 Å². The summed E-state index contributed by atoms with van der Waals surface area (Å²) in [5.74, 6) is 0.557. The number of ether oxygens (including phenoxy) is 2. The minimum Gasteiger partial charge on any atom is -0.497 e. The average molecular weight is 303 g/mol. The maximum Gasteiger partial charge on any atom is 0.323 e. The van der Waals surface area contributed by atoms with Crippen molar-refractivity contribution in [3.8, 4) is 5.75 Å². The quantitative estimate of drug-likeness (QED) is 0.720. The number of H-pyrrole nitrogens is 1. The standard InChI is InChI=1S/C16H21N3O3/c1-17-15(9-13-10-18-11-19-13)16(20)22-8-7-12-3-5-14(21-2)6-4-12/h3-6,10-11,15,17H,7-9H2,1-2H3,(H,18,19)/t15-/m0/s1. The van der Waals surface area contributed by atoms with E-state index >= 15 is 0 Å². The highest BCUT2D eigenvalue weighted by atomic mass is 16.5. The van der Waals surface area contributed by atoms with E-state index in [2.05, 4.69) is 15.3 Å². The van der Waals surface area contributed by atoms with E-state index < -0.39 is 0 Å². The fourth-order valence-electron chi connectivity index (χ4n) is 2.08. The zero-order valence-electron chi connectivity index (χ0n) is 12.8. The number of rotatable bonds is 8. The fourth-order valence-corrected chi connectivity index (χ4v) is 2.08. The summed E-state index contributed by atoms with van der Waals surface area (Å²) in [5, 5.41) is 2.97. The van der Waals surface area contributed by atoms with Gasteiger partial charge in [0.2, 0.25) is 0 Å². The van der Waals surface area contributed by atoms with Gasteiger partial charge in [0, 0.05) is 24.7 Å². The van der Waals surface area contributed by atoms with Crippen LogP contribution in [0, 0.1) is 0 Å². The molecule has 118 valence electrons. The summed E-state index contributed by atoms with van der Waals surface area (Å²) in [4.78, 5) is 19.0. The highest BCUT2D eigenvalue weighted by Crippen LogP contribution is 2.11. The molecule has 0 spiro atoms. The molecule has 0 aliphatic heterocycles. The molecule has 22 heavy (non-hydrogen) atoms. The zero-order chi connectivity index (χ0) is 15.8. The molecule has 0 unspecified atom stereocenters. The number of nitrogens with one attached hydrogen (secondary N) is 2. The van der Waals surface area contributed by atoms with E-state index in [9.17, 15) is 4.79 Å². The lowest BCUT2D eigenvalue weighted by atomic mass is 10.1. The molecule has 0 amide bonds. The number of aromatic nitrogens is 2. The molecule has 6 heteroatoms. The van der Waals surface area contributed by atoms with Crippen molar-refractivity contribution in [3.63, 3.8) is 0 Å². The predicted octanol–water partition coefficient (Wildman–Crippen LogP) is 1.33. The topological polar surface area (TPSA) is 76.2 Å². The molecule has 0 saturated carbocycles. The summed E-state index contributed by atoms with van der Waals surface area (Å²) >= 11 is 0. The Morgan fingerprint density at radius 1 is 1.36 bits per heavy atom. The number of carbonyl (C=O) groups is 1. The van der Waals surface area contributed by atoms with E-state index in [1.165, 1.54) is 0 Å². The SMILES string of the molecule is CN[C@@H](Cc1cnc[nH]1)C(=O)OCCc1ccc(OC)cc1. The number of benzene rings is 1. The van der Waals surface area contributed by atoms with Crippen molar-refractivity contribution in [2.45, 2.75) is 18.9 Å². The monoisotopic (exact) mass is 303 g/mol. The number of methoxy groups -OCH3 is 1. The van der Waals surface area contributed by atoms with E-state index in [0.717, 1.165) is 17.0 Å². The summed E-state index contributed by atoms with van der Waals surface area (Å²) in [6, 6.07) is 7.34. The van der Waals surface area contributed by atoms with Gasteiger partial charge in [0.1, 0.15) is 11.8 Å². The van der Waals surface area contributed by atoms with Crippen molar-refractivity contribution in [2.75, 3.05) is 20.8 Å². The molecule has 0 radical (unpaired) electrons. The van der Waals surface area contributed by atoms with Crippen LogP contribution in [-0.2, 0) is 22.4 Å². The van der Waals surface area contributed by atoms with Crippen LogP contribution >= 0.6 is 0 Å². The Labute approximate surface area is 129 Å². The first-order valence-corrected chi connectivity index (χ1v) is 7.17. The molecule has 6 nitrogen and oxygen atoms in total. The van der Waals surface area contributed by atoms with Crippen molar-refractivity contribution in [1.29, 1.82) is 0 Å². The van der Waals surface area contributed by atoms with Gasteiger partial charge < -0.3 is 19.8 Å². The van der Waals surface area contributed by atoms with Gasteiger partial charge in [-0.1, -0.05) is 12.1 Å². The van der Waals surface area contributed by atoms with Crippen LogP contribution in [-0.4, -0.2) is 42.7 Å². The third-order valence-corrected chi connectivity index (χ3v) is 3.41. The molecule has 2 N–H and O–H groups in total. The maximum atomic E-state index is 12.1. The van der Waals surface area contributed by atoms with E-state index in [1.54, 1.807) is 26.7 Å². The lowest BCUT2D eigenvalue weighted by Crippen LogP contribution is -2.37. The van der Waals surface area contributed by atoms with E-state index in [4.69, 9.17) is 9.47 Å². The van der Waals surface area contributed by atoms with Crippen LogP contribution in [0.1, 0.15) is 11.3 Å². The third kappa shape index (κ3) is 4.60. The van der Waals surface area contributed by atoms with E-state index in [0.29, 0.717) is 19.4 Å². The number of hydrogen-bond donors (Lipinski definition) is 2. The largest absolute Gasteiger partial charge is 0.497 e. The Morgan fingerprint density at radius 2 is 2.14 bits per heavy atom. The van der Waals surface area contributed by atoms with E-state index in [-0.39, 0.29) is 12.0 Å². The summed E-state index contributed by atoms with van der Waals surface area (Å²) < 4.78 is 10.4. The molecule has 2 rings (SSSR count). The Kier molecular flexibility index (Phi) is 5.97. The summed E-state index contributed by atoms with van der Waals surface area (Å²) in [7, 11) is 3.38. The number of esters is 1. The third-order valence-electron chi connectivity index (χ3n) is 3.41.